The maximum Gasteiger partial charge on any atom is 0.275 e. The maximum absolute atomic E-state index is 13.3. The van der Waals surface area contributed by atoms with Crippen LogP contribution in [0.1, 0.15) is 10.5 Å². The molecular weight excluding hydrogens is 401 g/mol. The van der Waals surface area contributed by atoms with E-state index in [2.05, 4.69) is 10.4 Å². The monoisotopic (exact) mass is 423 g/mol. The lowest BCUT2D eigenvalue weighted by molar-refractivity contribution is -0.117. The number of piperazine rings is 1. The molecule has 1 aliphatic heterocycles. The van der Waals surface area contributed by atoms with Crippen molar-refractivity contribution in [2.75, 3.05) is 38.0 Å². The molecule has 8 nitrogen and oxygen atoms in total. The Bertz CT molecular complexity index is 1200. The van der Waals surface area contributed by atoms with E-state index < -0.39 is 5.82 Å². The number of halogens is 1. The van der Waals surface area contributed by atoms with E-state index in [1.165, 1.54) is 29.9 Å². The number of hydrogen-bond donors (Lipinski definition) is 1. The van der Waals surface area contributed by atoms with Gasteiger partial charge in [0.05, 0.1) is 11.9 Å². The van der Waals surface area contributed by atoms with E-state index in [0.717, 1.165) is 0 Å². The first kappa shape index (κ1) is 20.7. The van der Waals surface area contributed by atoms with E-state index in [1.54, 1.807) is 35.2 Å². The van der Waals surface area contributed by atoms with Gasteiger partial charge in [-0.15, -0.1) is 0 Å². The Hall–Kier alpha value is -3.59. The number of fused-ring (bicyclic) bond motifs is 1. The van der Waals surface area contributed by atoms with Gasteiger partial charge in [0.2, 0.25) is 5.91 Å². The predicted octanol–water partition coefficient (Wildman–Crippen LogP) is 1.47. The van der Waals surface area contributed by atoms with Crippen molar-refractivity contribution >= 4 is 28.3 Å². The largest absolute Gasteiger partial charge is 0.335 e. The Labute approximate surface area is 177 Å². The molecule has 0 atom stereocenters. The summed E-state index contributed by atoms with van der Waals surface area (Å²) in [6, 6.07) is 12.7. The van der Waals surface area contributed by atoms with Crippen LogP contribution in [-0.4, -0.2) is 64.1 Å². The van der Waals surface area contributed by atoms with E-state index in [9.17, 15) is 18.8 Å². The SMILES string of the molecule is Cn1nc(C(=O)N2CCN(CC(=O)Nc3cccc(F)c3)CC2)c2ccccc2c1=O. The normalized spacial score (nSPS) is 14.6. The Balaban J connectivity index is 1.39. The average Bonchev–Trinajstić information content (AvgIpc) is 2.76. The van der Waals surface area contributed by atoms with Crippen LogP contribution in [0.4, 0.5) is 10.1 Å². The Kier molecular flexibility index (Phi) is 5.77. The number of aromatic nitrogens is 2. The minimum atomic E-state index is -0.413. The molecule has 1 fully saturated rings. The molecule has 4 rings (SSSR count). The van der Waals surface area contributed by atoms with Crippen LogP contribution < -0.4 is 10.9 Å². The predicted molar refractivity (Wildman–Crippen MR) is 114 cm³/mol. The molecule has 1 saturated heterocycles. The first-order chi connectivity index (χ1) is 14.9. The highest BCUT2D eigenvalue weighted by atomic mass is 19.1. The number of anilines is 1. The molecule has 9 heteroatoms. The zero-order valence-electron chi connectivity index (χ0n) is 17.0. The molecule has 0 unspecified atom stereocenters. The summed E-state index contributed by atoms with van der Waals surface area (Å²) >= 11 is 0. The van der Waals surface area contributed by atoms with Crippen LogP contribution in [0.15, 0.2) is 53.3 Å². The first-order valence-corrected chi connectivity index (χ1v) is 9.95. The summed E-state index contributed by atoms with van der Waals surface area (Å²) < 4.78 is 14.4. The molecule has 0 aliphatic carbocycles. The third-order valence-corrected chi connectivity index (χ3v) is 5.29. The zero-order valence-corrected chi connectivity index (χ0v) is 17.0. The molecular formula is C22H22FN5O3. The van der Waals surface area contributed by atoms with Crippen LogP contribution >= 0.6 is 0 Å². The first-order valence-electron chi connectivity index (χ1n) is 9.95. The fourth-order valence-corrected chi connectivity index (χ4v) is 3.69. The lowest BCUT2D eigenvalue weighted by Crippen LogP contribution is -2.50. The number of nitrogens with one attached hydrogen (secondary N) is 1. The summed E-state index contributed by atoms with van der Waals surface area (Å²) in [5.74, 6) is -0.892. The van der Waals surface area contributed by atoms with Gasteiger partial charge in [-0.3, -0.25) is 19.3 Å². The maximum atomic E-state index is 13.3. The molecule has 2 heterocycles. The van der Waals surface area contributed by atoms with Crippen LogP contribution in [0, 0.1) is 5.82 Å². The second-order valence-corrected chi connectivity index (χ2v) is 7.45. The van der Waals surface area contributed by atoms with Gasteiger partial charge in [0, 0.05) is 44.3 Å². The molecule has 0 saturated carbocycles. The minimum absolute atomic E-state index is 0.152. The van der Waals surface area contributed by atoms with Crippen molar-refractivity contribution in [3.8, 4) is 0 Å². The summed E-state index contributed by atoms with van der Waals surface area (Å²) in [6.07, 6.45) is 0. The standard InChI is InChI=1S/C22H22FN5O3/c1-26-21(30)18-8-3-2-7-17(18)20(25-26)22(31)28-11-9-27(10-12-28)14-19(29)24-16-6-4-5-15(23)13-16/h2-8,13H,9-12,14H2,1H3,(H,24,29). The van der Waals surface area contributed by atoms with Gasteiger partial charge >= 0.3 is 0 Å². The molecule has 3 aromatic rings. The molecule has 31 heavy (non-hydrogen) atoms. The summed E-state index contributed by atoms with van der Waals surface area (Å²) in [5, 5.41) is 7.87. The second-order valence-electron chi connectivity index (χ2n) is 7.45. The molecule has 2 amide bonds. The van der Waals surface area contributed by atoms with Crippen molar-refractivity contribution in [3.05, 3.63) is 70.4 Å². The third kappa shape index (κ3) is 4.46. The molecule has 1 aromatic heterocycles. The molecule has 1 N–H and O–H groups in total. The van der Waals surface area contributed by atoms with Gasteiger partial charge in [-0.05, 0) is 24.3 Å². The number of amides is 2. The van der Waals surface area contributed by atoms with Crippen molar-refractivity contribution in [1.82, 2.24) is 19.6 Å². The highest BCUT2D eigenvalue weighted by molar-refractivity contribution is 6.04. The average molecular weight is 423 g/mol. The van der Waals surface area contributed by atoms with Gasteiger partial charge in [0.15, 0.2) is 5.69 Å². The van der Waals surface area contributed by atoms with Crippen molar-refractivity contribution in [3.63, 3.8) is 0 Å². The number of benzene rings is 2. The van der Waals surface area contributed by atoms with Gasteiger partial charge in [0.25, 0.3) is 11.5 Å². The number of carbonyl (C=O) groups is 2. The van der Waals surface area contributed by atoms with Gasteiger partial charge in [-0.2, -0.15) is 5.10 Å². The van der Waals surface area contributed by atoms with E-state index in [0.29, 0.717) is 42.6 Å². The van der Waals surface area contributed by atoms with Crippen molar-refractivity contribution in [2.24, 2.45) is 7.05 Å². The van der Waals surface area contributed by atoms with E-state index in [4.69, 9.17) is 0 Å². The molecule has 1 aliphatic rings. The molecule has 0 bridgehead atoms. The molecule has 160 valence electrons. The zero-order chi connectivity index (χ0) is 22.0. The van der Waals surface area contributed by atoms with Gasteiger partial charge in [-0.25, -0.2) is 9.07 Å². The van der Waals surface area contributed by atoms with E-state index in [1.807, 2.05) is 4.90 Å². The fourth-order valence-electron chi connectivity index (χ4n) is 3.69. The Morgan fingerprint density at radius 3 is 2.45 bits per heavy atom. The van der Waals surface area contributed by atoms with E-state index in [-0.39, 0.29) is 29.6 Å². The lowest BCUT2D eigenvalue weighted by Gasteiger charge is -2.34. The fraction of sp³-hybridized carbons (Fsp3) is 0.273. The second kappa shape index (κ2) is 8.65. The van der Waals surface area contributed by atoms with Crippen LogP contribution in [0.3, 0.4) is 0 Å². The summed E-state index contributed by atoms with van der Waals surface area (Å²) in [7, 11) is 1.53. The van der Waals surface area contributed by atoms with E-state index >= 15 is 0 Å². The lowest BCUT2D eigenvalue weighted by atomic mass is 10.1. The van der Waals surface area contributed by atoms with Crippen LogP contribution in [0.25, 0.3) is 10.8 Å². The third-order valence-electron chi connectivity index (χ3n) is 5.29. The van der Waals surface area contributed by atoms with Crippen molar-refractivity contribution in [1.29, 1.82) is 0 Å². The van der Waals surface area contributed by atoms with Crippen LogP contribution in [0.5, 0.6) is 0 Å². The van der Waals surface area contributed by atoms with Gasteiger partial charge in [0.1, 0.15) is 5.82 Å². The molecule has 0 spiro atoms. The minimum Gasteiger partial charge on any atom is -0.335 e. The molecule has 2 aromatic carbocycles. The smallest absolute Gasteiger partial charge is 0.275 e. The summed E-state index contributed by atoms with van der Waals surface area (Å²) in [4.78, 5) is 41.2. The Morgan fingerprint density at radius 2 is 1.74 bits per heavy atom. The summed E-state index contributed by atoms with van der Waals surface area (Å²) in [6.45, 7) is 2.06. The molecule has 0 radical (unpaired) electrons. The van der Waals surface area contributed by atoms with Crippen LogP contribution in [0.2, 0.25) is 0 Å². The quantitative estimate of drug-likeness (QED) is 0.687. The van der Waals surface area contributed by atoms with Gasteiger partial charge < -0.3 is 10.2 Å². The number of hydrogen-bond acceptors (Lipinski definition) is 5. The number of rotatable bonds is 4. The van der Waals surface area contributed by atoms with Crippen LogP contribution in [-0.2, 0) is 11.8 Å². The summed E-state index contributed by atoms with van der Waals surface area (Å²) in [5.41, 5.74) is 0.405. The highest BCUT2D eigenvalue weighted by Gasteiger charge is 2.26. The highest BCUT2D eigenvalue weighted by Crippen LogP contribution is 2.16. The van der Waals surface area contributed by atoms with Gasteiger partial charge in [-0.1, -0.05) is 24.3 Å². The van der Waals surface area contributed by atoms with Crippen molar-refractivity contribution in [2.45, 2.75) is 0 Å². The Morgan fingerprint density at radius 1 is 1.03 bits per heavy atom. The number of aryl methyl sites for hydroxylation is 1. The number of nitrogens with zero attached hydrogens (tertiary/aromatic N) is 4. The van der Waals surface area contributed by atoms with Crippen molar-refractivity contribution < 1.29 is 14.0 Å². The topological polar surface area (TPSA) is 87.5 Å². The number of carbonyl (C=O) groups excluding carboxylic acids is 2.